The van der Waals surface area contributed by atoms with Crippen LogP contribution in [0.25, 0.3) is 0 Å². The number of imidazole rings is 1. The molecule has 2 rings (SSSR count). The fourth-order valence-corrected chi connectivity index (χ4v) is 2.23. The van der Waals surface area contributed by atoms with E-state index in [2.05, 4.69) is 20.9 Å². The summed E-state index contributed by atoms with van der Waals surface area (Å²) in [5, 5.41) is 3.44. The smallest absolute Gasteiger partial charge is 0.160 e. The minimum absolute atomic E-state index is 0.768. The Bertz CT molecular complexity index is 566. The number of ether oxygens (including phenoxy) is 2. The first kappa shape index (κ1) is 15.4. The van der Waals surface area contributed by atoms with Crippen LogP contribution in [0.5, 0.6) is 11.5 Å². The molecule has 0 aliphatic rings. The van der Waals surface area contributed by atoms with Gasteiger partial charge in [0.1, 0.15) is 5.82 Å². The van der Waals surface area contributed by atoms with Gasteiger partial charge in [-0.2, -0.15) is 0 Å². The fourth-order valence-electron chi connectivity index (χ4n) is 2.23. The van der Waals surface area contributed by atoms with Gasteiger partial charge in [-0.05, 0) is 30.7 Å². The summed E-state index contributed by atoms with van der Waals surface area (Å²) in [5.41, 5.74) is 1.23. The topological polar surface area (TPSA) is 48.3 Å². The highest BCUT2D eigenvalue weighted by molar-refractivity contribution is 5.42. The summed E-state index contributed by atoms with van der Waals surface area (Å²) in [7, 11) is 5.33. The van der Waals surface area contributed by atoms with Gasteiger partial charge in [-0.25, -0.2) is 4.98 Å². The maximum Gasteiger partial charge on any atom is 0.160 e. The normalized spacial score (nSPS) is 10.6. The average Bonchev–Trinajstić information content (AvgIpc) is 2.92. The third-order valence-corrected chi connectivity index (χ3v) is 3.48. The minimum atomic E-state index is 0.768. The Balaban J connectivity index is 1.74. The summed E-state index contributed by atoms with van der Waals surface area (Å²) in [5.74, 6) is 2.65. The van der Waals surface area contributed by atoms with Crippen LogP contribution in [-0.2, 0) is 19.9 Å². The van der Waals surface area contributed by atoms with E-state index in [-0.39, 0.29) is 0 Å². The maximum atomic E-state index is 5.31. The van der Waals surface area contributed by atoms with Crippen LogP contribution < -0.4 is 14.8 Å². The second-order valence-electron chi connectivity index (χ2n) is 4.89. The van der Waals surface area contributed by atoms with Gasteiger partial charge in [0.25, 0.3) is 0 Å². The lowest BCUT2D eigenvalue weighted by atomic mass is 10.1. The van der Waals surface area contributed by atoms with Gasteiger partial charge in [-0.3, -0.25) is 0 Å². The van der Waals surface area contributed by atoms with Crippen molar-refractivity contribution in [1.82, 2.24) is 14.9 Å². The Hall–Kier alpha value is -2.01. The third-order valence-electron chi connectivity index (χ3n) is 3.48. The van der Waals surface area contributed by atoms with E-state index in [1.165, 1.54) is 5.56 Å². The number of benzene rings is 1. The number of aromatic nitrogens is 2. The summed E-state index contributed by atoms with van der Waals surface area (Å²) in [6.45, 7) is 1.86. The molecule has 0 spiro atoms. The lowest BCUT2D eigenvalue weighted by Crippen LogP contribution is -2.21. The van der Waals surface area contributed by atoms with Crippen LogP contribution in [0, 0.1) is 0 Å². The molecule has 1 heterocycles. The van der Waals surface area contributed by atoms with Crippen molar-refractivity contribution in [2.24, 2.45) is 7.05 Å². The lowest BCUT2D eigenvalue weighted by molar-refractivity contribution is 0.354. The van der Waals surface area contributed by atoms with E-state index in [0.29, 0.717) is 0 Å². The SMILES string of the molecule is COc1ccc(CCNCCc2nccn2C)cc1OC. The molecule has 0 amide bonds. The first-order valence-electron chi connectivity index (χ1n) is 7.12. The number of rotatable bonds is 8. The highest BCUT2D eigenvalue weighted by Crippen LogP contribution is 2.27. The number of nitrogens with zero attached hydrogens (tertiary/aromatic N) is 2. The Kier molecular flexibility index (Phi) is 5.63. The maximum absolute atomic E-state index is 5.31. The van der Waals surface area contributed by atoms with Crippen molar-refractivity contribution < 1.29 is 9.47 Å². The van der Waals surface area contributed by atoms with Gasteiger partial charge < -0.3 is 19.4 Å². The number of hydrogen-bond donors (Lipinski definition) is 1. The van der Waals surface area contributed by atoms with Crippen molar-refractivity contribution in [2.75, 3.05) is 27.3 Å². The summed E-state index contributed by atoms with van der Waals surface area (Å²) >= 11 is 0. The molecule has 0 saturated heterocycles. The van der Waals surface area contributed by atoms with Crippen LogP contribution in [0.2, 0.25) is 0 Å². The molecule has 5 heteroatoms. The van der Waals surface area contributed by atoms with Gasteiger partial charge in [0.2, 0.25) is 0 Å². The molecule has 114 valence electrons. The van der Waals surface area contributed by atoms with Crippen molar-refractivity contribution in [3.8, 4) is 11.5 Å². The highest BCUT2D eigenvalue weighted by Gasteiger charge is 2.04. The van der Waals surface area contributed by atoms with Gasteiger partial charge in [-0.15, -0.1) is 0 Å². The molecule has 1 aromatic heterocycles. The minimum Gasteiger partial charge on any atom is -0.493 e. The van der Waals surface area contributed by atoms with Crippen molar-refractivity contribution in [3.63, 3.8) is 0 Å². The lowest BCUT2D eigenvalue weighted by Gasteiger charge is -2.10. The molecule has 0 saturated carbocycles. The third kappa shape index (κ3) is 4.23. The zero-order valence-electron chi connectivity index (χ0n) is 12.9. The Morgan fingerprint density at radius 2 is 1.86 bits per heavy atom. The van der Waals surface area contributed by atoms with Crippen molar-refractivity contribution in [1.29, 1.82) is 0 Å². The van der Waals surface area contributed by atoms with E-state index in [1.54, 1.807) is 14.2 Å². The number of nitrogens with one attached hydrogen (secondary N) is 1. The van der Waals surface area contributed by atoms with Gasteiger partial charge in [0, 0.05) is 32.4 Å². The first-order chi connectivity index (χ1) is 10.2. The molecule has 5 nitrogen and oxygen atoms in total. The highest BCUT2D eigenvalue weighted by atomic mass is 16.5. The molecule has 0 bridgehead atoms. The van der Waals surface area contributed by atoms with Gasteiger partial charge in [0.05, 0.1) is 14.2 Å². The molecule has 1 aromatic carbocycles. The van der Waals surface area contributed by atoms with Crippen LogP contribution in [0.15, 0.2) is 30.6 Å². The van der Waals surface area contributed by atoms with Crippen molar-refractivity contribution in [3.05, 3.63) is 42.0 Å². The van der Waals surface area contributed by atoms with Crippen LogP contribution in [0.3, 0.4) is 0 Å². The van der Waals surface area contributed by atoms with Gasteiger partial charge >= 0.3 is 0 Å². The first-order valence-corrected chi connectivity index (χ1v) is 7.12. The Labute approximate surface area is 125 Å². The van der Waals surface area contributed by atoms with E-state index in [0.717, 1.165) is 43.3 Å². The zero-order valence-corrected chi connectivity index (χ0v) is 12.9. The van der Waals surface area contributed by atoms with E-state index in [9.17, 15) is 0 Å². The van der Waals surface area contributed by atoms with Crippen LogP contribution >= 0.6 is 0 Å². The van der Waals surface area contributed by atoms with E-state index in [4.69, 9.17) is 9.47 Å². The molecule has 0 fully saturated rings. The van der Waals surface area contributed by atoms with Crippen molar-refractivity contribution >= 4 is 0 Å². The molecular formula is C16H23N3O2. The number of methoxy groups -OCH3 is 2. The average molecular weight is 289 g/mol. The molecule has 0 unspecified atom stereocenters. The standard InChI is InChI=1S/C16H23N3O2/c1-19-11-10-18-16(19)7-9-17-8-6-13-4-5-14(20-2)15(12-13)21-3/h4-5,10-12,17H,6-9H2,1-3H3. The summed E-state index contributed by atoms with van der Waals surface area (Å²) in [6.07, 6.45) is 5.70. The Morgan fingerprint density at radius 1 is 1.10 bits per heavy atom. The predicted molar refractivity (Wildman–Crippen MR) is 83.0 cm³/mol. The molecular weight excluding hydrogens is 266 g/mol. The molecule has 0 aliphatic carbocycles. The van der Waals surface area contributed by atoms with Gasteiger partial charge in [-0.1, -0.05) is 6.07 Å². The quantitative estimate of drug-likeness (QED) is 0.753. The largest absolute Gasteiger partial charge is 0.493 e. The summed E-state index contributed by atoms with van der Waals surface area (Å²) in [6, 6.07) is 6.04. The monoisotopic (exact) mass is 289 g/mol. The second-order valence-corrected chi connectivity index (χ2v) is 4.89. The molecule has 21 heavy (non-hydrogen) atoms. The van der Waals surface area contributed by atoms with E-state index >= 15 is 0 Å². The predicted octanol–water partition coefficient (Wildman–Crippen LogP) is 1.81. The van der Waals surface area contributed by atoms with E-state index in [1.807, 2.05) is 31.6 Å². The number of hydrogen-bond acceptors (Lipinski definition) is 4. The van der Waals surface area contributed by atoms with Gasteiger partial charge in [0.15, 0.2) is 11.5 Å². The summed E-state index contributed by atoms with van der Waals surface area (Å²) in [4.78, 5) is 4.31. The Morgan fingerprint density at radius 3 is 2.52 bits per heavy atom. The fraction of sp³-hybridized carbons (Fsp3) is 0.438. The summed E-state index contributed by atoms with van der Waals surface area (Å²) < 4.78 is 12.6. The second kappa shape index (κ2) is 7.69. The van der Waals surface area contributed by atoms with Crippen LogP contribution in [0.4, 0.5) is 0 Å². The molecule has 2 aromatic rings. The number of aryl methyl sites for hydroxylation is 1. The zero-order chi connectivity index (χ0) is 15.1. The van der Waals surface area contributed by atoms with Crippen LogP contribution in [0.1, 0.15) is 11.4 Å². The molecule has 0 radical (unpaired) electrons. The van der Waals surface area contributed by atoms with Crippen molar-refractivity contribution in [2.45, 2.75) is 12.8 Å². The van der Waals surface area contributed by atoms with Crippen LogP contribution in [-0.4, -0.2) is 36.9 Å². The molecule has 0 atom stereocenters. The van der Waals surface area contributed by atoms with E-state index < -0.39 is 0 Å². The molecule has 0 aliphatic heterocycles. The molecule has 1 N–H and O–H groups in total.